The number of hydrogen-bond acceptors (Lipinski definition) is 5. The van der Waals surface area contributed by atoms with E-state index in [1.807, 2.05) is 44.2 Å². The maximum absolute atomic E-state index is 5.96. The third-order valence-corrected chi connectivity index (χ3v) is 4.65. The van der Waals surface area contributed by atoms with Crippen molar-refractivity contribution in [2.24, 2.45) is 0 Å². The number of imidazole rings is 1. The van der Waals surface area contributed by atoms with E-state index in [1.165, 1.54) is 0 Å². The lowest BCUT2D eigenvalue weighted by Crippen LogP contribution is -2.26. The van der Waals surface area contributed by atoms with Crippen LogP contribution in [-0.2, 0) is 6.54 Å². The van der Waals surface area contributed by atoms with Gasteiger partial charge in [-0.3, -0.25) is 0 Å². The Hall–Kier alpha value is -3.46. The number of hydrogen-bond donors (Lipinski definition) is 0. The van der Waals surface area contributed by atoms with E-state index in [4.69, 9.17) is 25.3 Å². The predicted molar refractivity (Wildman–Crippen MR) is 102 cm³/mol. The number of aromatic nitrogens is 3. The minimum Gasteiger partial charge on any atom is -0.494 e. The van der Waals surface area contributed by atoms with Crippen LogP contribution in [0.15, 0.2) is 34.7 Å². The summed E-state index contributed by atoms with van der Waals surface area (Å²) in [5.41, 5.74) is 4.26. The van der Waals surface area contributed by atoms with E-state index < -0.39 is 0 Å². The molecule has 0 unspecified atom stereocenters. The minimum atomic E-state index is -0.358. The van der Waals surface area contributed by atoms with Gasteiger partial charge in [0.25, 0.3) is 0 Å². The Bertz CT molecular complexity index is 1230. The van der Waals surface area contributed by atoms with E-state index in [9.17, 15) is 0 Å². The van der Waals surface area contributed by atoms with Gasteiger partial charge in [-0.2, -0.15) is 0 Å². The molecule has 5 rings (SSSR count). The van der Waals surface area contributed by atoms with Gasteiger partial charge in [-0.25, -0.2) is 9.97 Å². The van der Waals surface area contributed by atoms with Crippen LogP contribution in [0, 0.1) is 19.3 Å². The normalized spacial score (nSPS) is 15.7. The Kier molecular flexibility index (Phi) is 3.37. The van der Waals surface area contributed by atoms with Crippen LogP contribution in [0.5, 0.6) is 11.5 Å². The molecule has 0 saturated heterocycles. The highest BCUT2D eigenvalue weighted by atomic mass is 16.5. The fraction of sp³-hybridized carbons (Fsp3) is 0.238. The van der Waals surface area contributed by atoms with Gasteiger partial charge in [-0.15, -0.1) is 6.42 Å². The van der Waals surface area contributed by atoms with Gasteiger partial charge in [-0.1, -0.05) is 5.92 Å². The van der Waals surface area contributed by atoms with Gasteiger partial charge in [0.15, 0.2) is 23.3 Å². The van der Waals surface area contributed by atoms with Crippen molar-refractivity contribution < 1.29 is 13.9 Å². The van der Waals surface area contributed by atoms with Gasteiger partial charge in [0.05, 0.1) is 18.7 Å². The van der Waals surface area contributed by atoms with E-state index >= 15 is 0 Å². The van der Waals surface area contributed by atoms with Crippen molar-refractivity contribution in [3.05, 3.63) is 36.2 Å². The van der Waals surface area contributed by atoms with Crippen molar-refractivity contribution in [3.63, 3.8) is 0 Å². The highest BCUT2D eigenvalue weighted by molar-refractivity contribution is 5.89. The molecule has 0 radical (unpaired) electrons. The largest absolute Gasteiger partial charge is 0.494 e. The van der Waals surface area contributed by atoms with Gasteiger partial charge in [0.1, 0.15) is 22.6 Å². The zero-order chi connectivity index (χ0) is 18.5. The molecular weight excluding hydrogens is 342 g/mol. The van der Waals surface area contributed by atoms with E-state index in [0.717, 1.165) is 39.3 Å². The van der Waals surface area contributed by atoms with Gasteiger partial charge < -0.3 is 18.5 Å². The molecule has 0 saturated carbocycles. The first kappa shape index (κ1) is 15.8. The SMILES string of the molecule is C#C[C@@H]1Cn2c(-c3ccc4oc(C)nc4c3)nc3cc(OCC)cc(c32)O1. The summed E-state index contributed by atoms with van der Waals surface area (Å²) in [5, 5.41) is 0. The first-order valence-corrected chi connectivity index (χ1v) is 8.83. The predicted octanol–water partition coefficient (Wildman–Crippen LogP) is 3.95. The van der Waals surface area contributed by atoms with E-state index in [-0.39, 0.29) is 6.10 Å². The van der Waals surface area contributed by atoms with E-state index in [1.54, 1.807) is 0 Å². The summed E-state index contributed by atoms with van der Waals surface area (Å²) in [5.74, 6) is 5.58. The van der Waals surface area contributed by atoms with Crippen LogP contribution >= 0.6 is 0 Å². The molecule has 4 aromatic rings. The third-order valence-electron chi connectivity index (χ3n) is 4.65. The van der Waals surface area contributed by atoms with Crippen LogP contribution in [0.2, 0.25) is 0 Å². The Balaban J connectivity index is 1.75. The molecule has 6 nitrogen and oxygen atoms in total. The summed E-state index contributed by atoms with van der Waals surface area (Å²) in [7, 11) is 0. The minimum absolute atomic E-state index is 0.358. The Labute approximate surface area is 155 Å². The van der Waals surface area contributed by atoms with Crippen LogP contribution in [-0.4, -0.2) is 27.2 Å². The van der Waals surface area contributed by atoms with Crippen molar-refractivity contribution in [2.45, 2.75) is 26.5 Å². The van der Waals surface area contributed by atoms with Crippen LogP contribution in [0.1, 0.15) is 12.8 Å². The van der Waals surface area contributed by atoms with Gasteiger partial charge in [0.2, 0.25) is 0 Å². The number of benzene rings is 2. The van der Waals surface area contributed by atoms with Crippen molar-refractivity contribution in [1.82, 2.24) is 14.5 Å². The van der Waals surface area contributed by atoms with Crippen LogP contribution in [0.25, 0.3) is 33.5 Å². The van der Waals surface area contributed by atoms with Gasteiger partial charge in [-0.05, 0) is 25.1 Å². The van der Waals surface area contributed by atoms with Gasteiger partial charge >= 0.3 is 0 Å². The highest BCUT2D eigenvalue weighted by Crippen LogP contribution is 2.38. The fourth-order valence-electron chi connectivity index (χ4n) is 3.57. The Morgan fingerprint density at radius 2 is 2.15 bits per heavy atom. The molecule has 1 atom stereocenters. The van der Waals surface area contributed by atoms with Crippen LogP contribution in [0.3, 0.4) is 0 Å². The second-order valence-corrected chi connectivity index (χ2v) is 6.46. The molecule has 0 bridgehead atoms. The fourth-order valence-corrected chi connectivity index (χ4v) is 3.57. The quantitative estimate of drug-likeness (QED) is 0.519. The number of fused-ring (bicyclic) bond motifs is 1. The third kappa shape index (κ3) is 2.43. The summed E-state index contributed by atoms with van der Waals surface area (Å²) >= 11 is 0. The topological polar surface area (TPSA) is 62.3 Å². The summed E-state index contributed by atoms with van der Waals surface area (Å²) in [6.45, 7) is 4.89. The second-order valence-electron chi connectivity index (χ2n) is 6.46. The molecule has 0 aliphatic carbocycles. The second kappa shape index (κ2) is 5.78. The van der Waals surface area contributed by atoms with Crippen molar-refractivity contribution in [2.75, 3.05) is 6.61 Å². The van der Waals surface area contributed by atoms with Crippen LogP contribution < -0.4 is 9.47 Å². The molecule has 134 valence electrons. The Morgan fingerprint density at radius 1 is 1.26 bits per heavy atom. The maximum atomic E-state index is 5.96. The number of aryl methyl sites for hydroxylation is 1. The molecule has 27 heavy (non-hydrogen) atoms. The first-order valence-electron chi connectivity index (χ1n) is 8.83. The molecule has 3 heterocycles. The number of rotatable bonds is 3. The standard InChI is InChI=1S/C21H17N3O3/c1-4-14-11-24-20-17(9-15(25-5-2)10-19(20)27-14)23-21(24)13-6-7-18-16(8-13)22-12(3)26-18/h1,6-10,14H,5,11H2,2-3H3/t14-/m1/s1. The number of ether oxygens (including phenoxy) is 2. The summed E-state index contributed by atoms with van der Waals surface area (Å²) in [4.78, 5) is 9.28. The zero-order valence-corrected chi connectivity index (χ0v) is 15.0. The monoisotopic (exact) mass is 359 g/mol. The molecule has 6 heteroatoms. The van der Waals surface area contributed by atoms with Crippen molar-refractivity contribution in [3.8, 4) is 35.2 Å². The molecule has 1 aliphatic rings. The molecule has 2 aromatic carbocycles. The average Bonchev–Trinajstić information content (AvgIpc) is 3.21. The molecule has 2 aromatic heterocycles. The molecule has 0 amide bonds. The average molecular weight is 359 g/mol. The van der Waals surface area contributed by atoms with Gasteiger partial charge in [0, 0.05) is 24.6 Å². The lowest BCUT2D eigenvalue weighted by atomic mass is 10.2. The number of oxazole rings is 1. The lowest BCUT2D eigenvalue weighted by Gasteiger charge is -2.23. The first-order chi connectivity index (χ1) is 13.2. The van der Waals surface area contributed by atoms with Crippen molar-refractivity contribution in [1.29, 1.82) is 0 Å². The summed E-state index contributed by atoms with van der Waals surface area (Å²) in [6, 6.07) is 9.70. The highest BCUT2D eigenvalue weighted by Gasteiger charge is 2.26. The smallest absolute Gasteiger partial charge is 0.192 e. The molecular formula is C21H17N3O3. The van der Waals surface area contributed by atoms with E-state index in [2.05, 4.69) is 15.5 Å². The van der Waals surface area contributed by atoms with Crippen molar-refractivity contribution >= 4 is 22.1 Å². The van der Waals surface area contributed by atoms with Crippen LogP contribution in [0.4, 0.5) is 0 Å². The Morgan fingerprint density at radius 3 is 2.96 bits per heavy atom. The molecule has 0 spiro atoms. The van der Waals surface area contributed by atoms with E-state index in [0.29, 0.717) is 24.8 Å². The molecule has 0 N–H and O–H groups in total. The summed E-state index contributed by atoms with van der Waals surface area (Å²) < 4.78 is 19.3. The zero-order valence-electron chi connectivity index (χ0n) is 15.0. The number of terminal acetylenes is 1. The maximum Gasteiger partial charge on any atom is 0.192 e. The lowest BCUT2D eigenvalue weighted by molar-refractivity contribution is 0.224. The number of nitrogens with zero attached hydrogens (tertiary/aromatic N) is 3. The molecule has 1 aliphatic heterocycles. The summed E-state index contributed by atoms with van der Waals surface area (Å²) in [6.07, 6.45) is 5.30. The molecule has 0 fully saturated rings.